The summed E-state index contributed by atoms with van der Waals surface area (Å²) in [6.45, 7) is 52.1. The van der Waals surface area contributed by atoms with Crippen LogP contribution in [0.4, 0.5) is 0 Å². The van der Waals surface area contributed by atoms with E-state index >= 15 is 0 Å². The molecule has 2 rings (SSSR count). The summed E-state index contributed by atoms with van der Waals surface area (Å²) in [5.41, 5.74) is 19.5. The molecule has 0 aliphatic rings. The molecule has 0 amide bonds. The molecule has 0 saturated heterocycles. The molecular formula is C45H82S2. The Bertz CT molecular complexity index is 1150. The van der Waals surface area contributed by atoms with Crippen molar-refractivity contribution in [1.29, 1.82) is 0 Å². The van der Waals surface area contributed by atoms with Gasteiger partial charge in [0.1, 0.15) is 0 Å². The summed E-state index contributed by atoms with van der Waals surface area (Å²) in [4.78, 5) is 0. The van der Waals surface area contributed by atoms with Gasteiger partial charge in [0.25, 0.3) is 0 Å². The van der Waals surface area contributed by atoms with Gasteiger partial charge in [0, 0.05) is 5.75 Å². The molecule has 2 heteroatoms. The molecule has 0 fully saturated rings. The van der Waals surface area contributed by atoms with E-state index in [1.165, 1.54) is 85.7 Å². The number of rotatable bonds is 7. The van der Waals surface area contributed by atoms with Crippen LogP contribution >= 0.6 is 23.5 Å². The van der Waals surface area contributed by atoms with Crippen LogP contribution in [0, 0.1) is 91.4 Å². The minimum absolute atomic E-state index is 0.418. The molecule has 0 N–H and O–H groups in total. The summed E-state index contributed by atoms with van der Waals surface area (Å²) in [5, 5.41) is 0. The minimum Gasteiger partial charge on any atom is -0.162 e. The fraction of sp³-hybridized carbons (Fsp3) is 0.733. The maximum Gasteiger partial charge on any atom is 0.0190 e. The van der Waals surface area contributed by atoms with Crippen molar-refractivity contribution in [2.45, 2.75) is 178 Å². The summed E-state index contributed by atoms with van der Waals surface area (Å²) in [6.07, 6.45) is 2.48. The maximum absolute atomic E-state index is 2.31. The van der Waals surface area contributed by atoms with Gasteiger partial charge in [-0.2, -0.15) is 23.5 Å². The van der Waals surface area contributed by atoms with Crippen molar-refractivity contribution in [2.75, 3.05) is 17.3 Å². The summed E-state index contributed by atoms with van der Waals surface area (Å²) >= 11 is 4.08. The lowest BCUT2D eigenvalue weighted by Crippen LogP contribution is -2.09. The van der Waals surface area contributed by atoms with Gasteiger partial charge in [-0.25, -0.2) is 0 Å². The first kappa shape index (κ1) is 48.3. The largest absolute Gasteiger partial charge is 0.162 e. The van der Waals surface area contributed by atoms with Gasteiger partial charge >= 0.3 is 0 Å². The molecule has 0 bridgehead atoms. The smallest absolute Gasteiger partial charge is 0.0190 e. The monoisotopic (exact) mass is 687 g/mol. The van der Waals surface area contributed by atoms with E-state index in [4.69, 9.17) is 0 Å². The van der Waals surface area contributed by atoms with Gasteiger partial charge in [-0.15, -0.1) is 0 Å². The van der Waals surface area contributed by atoms with E-state index in [0.717, 1.165) is 11.7 Å². The molecular weight excluding hydrogens is 605 g/mol. The van der Waals surface area contributed by atoms with Crippen LogP contribution in [0.2, 0.25) is 0 Å². The molecule has 2 aromatic carbocycles. The molecule has 0 saturated carbocycles. The molecule has 47 heavy (non-hydrogen) atoms. The minimum atomic E-state index is 0.418. The average Bonchev–Trinajstić information content (AvgIpc) is 2.95. The van der Waals surface area contributed by atoms with E-state index in [1.807, 2.05) is 11.8 Å². The lowest BCUT2D eigenvalue weighted by molar-refractivity contribution is 0.398. The molecule has 0 unspecified atom stereocenters. The van der Waals surface area contributed by atoms with Crippen LogP contribution in [0.15, 0.2) is 0 Å². The molecule has 274 valence electrons. The summed E-state index contributed by atoms with van der Waals surface area (Å²) in [7, 11) is 0. The SMILES string of the molecule is CCC(C)(C)C.CCSCC(C)(C)C.Cc1c(C)c(C)c(CC(C)C)c(C)c1C.Cc1c(C)c(C)c(CSCC(C)(C)C)c(C)c1C. The van der Waals surface area contributed by atoms with Crippen LogP contribution in [0.1, 0.15) is 163 Å². The molecule has 0 atom stereocenters. The molecule has 0 heterocycles. The Hall–Kier alpha value is -0.860. The van der Waals surface area contributed by atoms with Crippen LogP contribution in [-0.4, -0.2) is 17.3 Å². The molecule has 0 aromatic heterocycles. The first-order valence-corrected chi connectivity index (χ1v) is 20.7. The Balaban J connectivity index is 0. The standard InChI is InChI=1S/C17H28S.C15H24.C7H16S.C6H14/c1-11-12(2)14(4)16(15(5)13(11)3)9-18-10-17(6,7)8;1-9(2)8-15-13(6)11(4)10(3)12(5)14(15)7;1-5-8-6-7(2,3)4;1-5-6(2,3)4/h9-10H2,1-8H3;9H,8H2,1-7H3;5-6H2,1-4H3;5H2,1-4H3. The van der Waals surface area contributed by atoms with E-state index in [1.54, 1.807) is 11.1 Å². The van der Waals surface area contributed by atoms with Crippen LogP contribution in [0.3, 0.4) is 0 Å². The predicted octanol–water partition coefficient (Wildman–Crippen LogP) is 15.2. The van der Waals surface area contributed by atoms with Crippen molar-refractivity contribution >= 4 is 23.5 Å². The lowest BCUT2D eigenvalue weighted by atomic mass is 9.86. The topological polar surface area (TPSA) is 0 Å². The summed E-state index contributed by atoms with van der Waals surface area (Å²) < 4.78 is 0. The van der Waals surface area contributed by atoms with Crippen molar-refractivity contribution in [2.24, 2.45) is 22.2 Å². The Morgan fingerprint density at radius 3 is 0.936 bits per heavy atom. The van der Waals surface area contributed by atoms with Gasteiger partial charge in [0.2, 0.25) is 0 Å². The fourth-order valence-corrected chi connectivity index (χ4v) is 7.12. The zero-order valence-corrected chi connectivity index (χ0v) is 37.8. The van der Waals surface area contributed by atoms with Gasteiger partial charge in [-0.3, -0.25) is 0 Å². The average molecular weight is 687 g/mol. The van der Waals surface area contributed by atoms with Crippen molar-refractivity contribution < 1.29 is 0 Å². The fourth-order valence-electron chi connectivity index (χ4n) is 4.95. The number of hydrogen-bond acceptors (Lipinski definition) is 2. The molecule has 0 nitrogen and oxygen atoms in total. The van der Waals surface area contributed by atoms with E-state index in [0.29, 0.717) is 16.2 Å². The Kier molecular flexibility index (Phi) is 21.9. The third-order valence-electron chi connectivity index (χ3n) is 9.50. The summed E-state index contributed by atoms with van der Waals surface area (Å²) in [6, 6.07) is 0. The number of thioether (sulfide) groups is 2. The molecule has 0 spiro atoms. The van der Waals surface area contributed by atoms with Crippen LogP contribution in [0.25, 0.3) is 0 Å². The highest BCUT2D eigenvalue weighted by Crippen LogP contribution is 2.31. The quantitative estimate of drug-likeness (QED) is 0.284. The Labute approximate surface area is 306 Å². The molecule has 0 aliphatic heterocycles. The third-order valence-corrected chi connectivity index (χ3v) is 12.5. The van der Waals surface area contributed by atoms with Gasteiger partial charge < -0.3 is 0 Å². The van der Waals surface area contributed by atoms with Crippen molar-refractivity contribution in [1.82, 2.24) is 0 Å². The Morgan fingerprint density at radius 1 is 0.426 bits per heavy atom. The first-order chi connectivity index (χ1) is 21.1. The van der Waals surface area contributed by atoms with Gasteiger partial charge in [-0.05, 0) is 182 Å². The zero-order chi connectivity index (χ0) is 37.7. The third kappa shape index (κ3) is 19.2. The van der Waals surface area contributed by atoms with Crippen molar-refractivity contribution in [3.63, 3.8) is 0 Å². The normalized spacial score (nSPS) is 11.7. The second kappa shape index (κ2) is 21.4. The highest BCUT2D eigenvalue weighted by atomic mass is 32.2. The number of hydrogen-bond donors (Lipinski definition) is 0. The van der Waals surface area contributed by atoms with Crippen molar-refractivity contribution in [3.05, 3.63) is 66.8 Å². The maximum atomic E-state index is 2.31. The van der Waals surface area contributed by atoms with E-state index in [-0.39, 0.29) is 0 Å². The van der Waals surface area contributed by atoms with E-state index in [2.05, 4.69) is 171 Å². The number of benzene rings is 2. The van der Waals surface area contributed by atoms with Gasteiger partial charge in [0.15, 0.2) is 0 Å². The molecule has 0 radical (unpaired) electrons. The van der Waals surface area contributed by atoms with Crippen LogP contribution in [-0.2, 0) is 12.2 Å². The van der Waals surface area contributed by atoms with Crippen LogP contribution < -0.4 is 0 Å². The zero-order valence-electron chi connectivity index (χ0n) is 36.1. The predicted molar refractivity (Wildman–Crippen MR) is 227 cm³/mol. The highest BCUT2D eigenvalue weighted by Gasteiger charge is 2.15. The van der Waals surface area contributed by atoms with Gasteiger partial charge in [0.05, 0.1) is 0 Å². The Morgan fingerprint density at radius 2 is 0.702 bits per heavy atom. The van der Waals surface area contributed by atoms with Crippen LogP contribution in [0.5, 0.6) is 0 Å². The molecule has 0 aliphatic carbocycles. The van der Waals surface area contributed by atoms with Crippen molar-refractivity contribution in [3.8, 4) is 0 Å². The molecule has 2 aromatic rings. The lowest BCUT2D eigenvalue weighted by Gasteiger charge is -2.21. The van der Waals surface area contributed by atoms with Gasteiger partial charge in [-0.1, -0.05) is 96.4 Å². The first-order valence-electron chi connectivity index (χ1n) is 18.4. The van der Waals surface area contributed by atoms with E-state index in [9.17, 15) is 0 Å². The summed E-state index contributed by atoms with van der Waals surface area (Å²) in [5.74, 6) is 5.64. The second-order valence-corrected chi connectivity index (χ2v) is 20.2. The second-order valence-electron chi connectivity index (χ2n) is 18.0. The highest BCUT2D eigenvalue weighted by molar-refractivity contribution is 7.99. The van der Waals surface area contributed by atoms with E-state index < -0.39 is 0 Å².